The standard InChI is InChI=1S/C13H20OS/c1-10-8-12(9-15-10)13(2,14)11-6-4-3-5-7-11/h8-9,11,14H,3-7H2,1-2H3. The lowest BCUT2D eigenvalue weighted by molar-refractivity contribution is -0.0211. The second-order valence-corrected chi connectivity index (χ2v) is 6.04. The van der Waals surface area contributed by atoms with Gasteiger partial charge in [0.05, 0.1) is 5.60 Å². The van der Waals surface area contributed by atoms with Crippen molar-refractivity contribution in [3.63, 3.8) is 0 Å². The summed E-state index contributed by atoms with van der Waals surface area (Å²) < 4.78 is 0. The molecular weight excluding hydrogens is 204 g/mol. The fourth-order valence-corrected chi connectivity index (χ4v) is 3.42. The van der Waals surface area contributed by atoms with E-state index in [1.54, 1.807) is 11.3 Å². The second kappa shape index (κ2) is 4.26. The molecule has 0 aliphatic heterocycles. The Balaban J connectivity index is 2.17. The van der Waals surface area contributed by atoms with E-state index in [1.807, 2.05) is 6.92 Å². The first-order chi connectivity index (χ1) is 7.10. The van der Waals surface area contributed by atoms with Crippen LogP contribution < -0.4 is 0 Å². The van der Waals surface area contributed by atoms with Crippen molar-refractivity contribution in [1.29, 1.82) is 0 Å². The van der Waals surface area contributed by atoms with Crippen molar-refractivity contribution < 1.29 is 5.11 Å². The zero-order chi connectivity index (χ0) is 10.9. The van der Waals surface area contributed by atoms with Crippen LogP contribution in [0, 0.1) is 12.8 Å². The monoisotopic (exact) mass is 224 g/mol. The highest BCUT2D eigenvalue weighted by Crippen LogP contribution is 2.40. The lowest BCUT2D eigenvalue weighted by Gasteiger charge is -2.35. The van der Waals surface area contributed by atoms with Crippen molar-refractivity contribution in [1.82, 2.24) is 0 Å². The third-order valence-electron chi connectivity index (χ3n) is 3.72. The zero-order valence-electron chi connectivity index (χ0n) is 9.62. The van der Waals surface area contributed by atoms with Crippen molar-refractivity contribution >= 4 is 11.3 Å². The lowest BCUT2D eigenvalue weighted by Crippen LogP contribution is -2.32. The summed E-state index contributed by atoms with van der Waals surface area (Å²) in [7, 11) is 0. The van der Waals surface area contributed by atoms with Crippen LogP contribution in [0.25, 0.3) is 0 Å². The van der Waals surface area contributed by atoms with Crippen molar-refractivity contribution in [3.05, 3.63) is 21.9 Å². The molecule has 1 fully saturated rings. The van der Waals surface area contributed by atoms with Gasteiger partial charge in [-0.15, -0.1) is 11.3 Å². The highest BCUT2D eigenvalue weighted by atomic mass is 32.1. The molecule has 2 heteroatoms. The third kappa shape index (κ3) is 2.26. The normalized spacial score (nSPS) is 22.6. The molecule has 0 bridgehead atoms. The molecule has 1 N–H and O–H groups in total. The summed E-state index contributed by atoms with van der Waals surface area (Å²) in [6, 6.07) is 2.14. The molecule has 15 heavy (non-hydrogen) atoms. The van der Waals surface area contributed by atoms with E-state index in [4.69, 9.17) is 0 Å². The van der Waals surface area contributed by atoms with Crippen molar-refractivity contribution in [3.8, 4) is 0 Å². The summed E-state index contributed by atoms with van der Waals surface area (Å²) in [6.07, 6.45) is 6.27. The van der Waals surface area contributed by atoms with Crippen LogP contribution in [0.3, 0.4) is 0 Å². The van der Waals surface area contributed by atoms with Gasteiger partial charge >= 0.3 is 0 Å². The topological polar surface area (TPSA) is 20.2 Å². The van der Waals surface area contributed by atoms with E-state index in [2.05, 4.69) is 18.4 Å². The maximum atomic E-state index is 10.6. The van der Waals surface area contributed by atoms with Gasteiger partial charge in [0.2, 0.25) is 0 Å². The van der Waals surface area contributed by atoms with Crippen LogP contribution in [-0.2, 0) is 5.60 Å². The van der Waals surface area contributed by atoms with Gasteiger partial charge in [-0.1, -0.05) is 19.3 Å². The summed E-state index contributed by atoms with van der Waals surface area (Å²) in [5.41, 5.74) is 0.516. The zero-order valence-corrected chi connectivity index (χ0v) is 10.4. The van der Waals surface area contributed by atoms with E-state index in [9.17, 15) is 5.11 Å². The summed E-state index contributed by atoms with van der Waals surface area (Å²) in [5.74, 6) is 0.459. The Labute approximate surface area is 96.1 Å². The van der Waals surface area contributed by atoms with Gasteiger partial charge in [-0.05, 0) is 49.6 Å². The van der Waals surface area contributed by atoms with Crippen LogP contribution >= 0.6 is 11.3 Å². The Hall–Kier alpha value is -0.340. The molecule has 2 rings (SSSR count). The van der Waals surface area contributed by atoms with Gasteiger partial charge in [0, 0.05) is 4.88 Å². The average Bonchev–Trinajstić information content (AvgIpc) is 2.67. The summed E-state index contributed by atoms with van der Waals surface area (Å²) in [4.78, 5) is 1.29. The Kier molecular flexibility index (Phi) is 3.17. The minimum absolute atomic E-state index is 0.459. The van der Waals surface area contributed by atoms with Gasteiger partial charge in [-0.3, -0.25) is 0 Å². The van der Waals surface area contributed by atoms with Crippen molar-refractivity contribution in [2.45, 2.75) is 51.6 Å². The molecule has 0 saturated heterocycles. The van der Waals surface area contributed by atoms with E-state index in [0.29, 0.717) is 5.92 Å². The Morgan fingerprint density at radius 3 is 2.53 bits per heavy atom. The van der Waals surface area contributed by atoms with Crippen LogP contribution in [0.15, 0.2) is 11.4 Å². The molecule has 1 aromatic rings. The molecule has 1 nitrogen and oxygen atoms in total. The predicted octanol–water partition coefficient (Wildman–Crippen LogP) is 3.84. The third-order valence-corrected chi connectivity index (χ3v) is 4.58. The number of rotatable bonds is 2. The van der Waals surface area contributed by atoms with Crippen LogP contribution in [0.5, 0.6) is 0 Å². The van der Waals surface area contributed by atoms with E-state index in [1.165, 1.54) is 37.0 Å². The first-order valence-corrected chi connectivity index (χ1v) is 6.76. The van der Waals surface area contributed by atoms with E-state index >= 15 is 0 Å². The van der Waals surface area contributed by atoms with Crippen molar-refractivity contribution in [2.75, 3.05) is 0 Å². The largest absolute Gasteiger partial charge is 0.385 e. The number of aliphatic hydroxyl groups is 1. The number of hydrogen-bond donors (Lipinski definition) is 1. The lowest BCUT2D eigenvalue weighted by atomic mass is 9.75. The van der Waals surface area contributed by atoms with Crippen LogP contribution in [0.4, 0.5) is 0 Å². The molecule has 0 spiro atoms. The average molecular weight is 224 g/mol. The quantitative estimate of drug-likeness (QED) is 0.809. The summed E-state index contributed by atoms with van der Waals surface area (Å²) in [5, 5.41) is 12.7. The molecule has 0 radical (unpaired) electrons. The van der Waals surface area contributed by atoms with Crippen LogP contribution in [0.2, 0.25) is 0 Å². The summed E-state index contributed by atoms with van der Waals surface area (Å²) >= 11 is 1.74. The Morgan fingerprint density at radius 2 is 2.00 bits per heavy atom. The molecule has 1 aliphatic carbocycles. The maximum absolute atomic E-state index is 10.6. The first-order valence-electron chi connectivity index (χ1n) is 5.88. The fraction of sp³-hybridized carbons (Fsp3) is 0.692. The predicted molar refractivity (Wildman–Crippen MR) is 65.2 cm³/mol. The van der Waals surface area contributed by atoms with Gasteiger partial charge in [0.15, 0.2) is 0 Å². The van der Waals surface area contributed by atoms with Crippen LogP contribution in [0.1, 0.15) is 49.5 Å². The molecule has 1 unspecified atom stereocenters. The molecule has 1 heterocycles. The maximum Gasteiger partial charge on any atom is 0.0904 e. The minimum atomic E-state index is -0.606. The van der Waals surface area contributed by atoms with E-state index < -0.39 is 5.60 Å². The number of aryl methyl sites for hydroxylation is 1. The SMILES string of the molecule is Cc1cc(C(C)(O)C2CCCCC2)cs1. The first kappa shape index (κ1) is 11.2. The molecule has 0 amide bonds. The van der Waals surface area contributed by atoms with Gasteiger partial charge < -0.3 is 5.11 Å². The molecule has 1 atom stereocenters. The van der Waals surface area contributed by atoms with Gasteiger partial charge in [-0.25, -0.2) is 0 Å². The molecule has 1 aromatic heterocycles. The molecular formula is C13H20OS. The minimum Gasteiger partial charge on any atom is -0.385 e. The van der Waals surface area contributed by atoms with Crippen molar-refractivity contribution in [2.24, 2.45) is 5.92 Å². The van der Waals surface area contributed by atoms with Gasteiger partial charge in [0.25, 0.3) is 0 Å². The Bertz CT molecular complexity index is 321. The van der Waals surface area contributed by atoms with E-state index in [-0.39, 0.29) is 0 Å². The molecule has 1 saturated carbocycles. The summed E-state index contributed by atoms with van der Waals surface area (Å²) in [6.45, 7) is 4.09. The molecule has 0 aromatic carbocycles. The van der Waals surface area contributed by atoms with Gasteiger partial charge in [-0.2, -0.15) is 0 Å². The fourth-order valence-electron chi connectivity index (χ4n) is 2.61. The van der Waals surface area contributed by atoms with E-state index in [0.717, 1.165) is 5.56 Å². The highest BCUT2D eigenvalue weighted by Gasteiger charge is 2.34. The van der Waals surface area contributed by atoms with Gasteiger partial charge in [0.1, 0.15) is 0 Å². The number of hydrogen-bond acceptors (Lipinski definition) is 2. The molecule has 84 valence electrons. The smallest absolute Gasteiger partial charge is 0.0904 e. The van der Waals surface area contributed by atoms with Crippen LogP contribution in [-0.4, -0.2) is 5.11 Å². The Morgan fingerprint density at radius 1 is 1.33 bits per heavy atom. The molecule has 1 aliphatic rings. The number of thiophene rings is 1. The highest BCUT2D eigenvalue weighted by molar-refractivity contribution is 7.10. The second-order valence-electron chi connectivity index (χ2n) is 4.93.